The van der Waals surface area contributed by atoms with Crippen LogP contribution in [0.4, 0.5) is 5.69 Å². The van der Waals surface area contributed by atoms with E-state index >= 15 is 0 Å². The Kier molecular flexibility index (Phi) is 4.93. The first-order valence-corrected chi connectivity index (χ1v) is 9.60. The zero-order valence-corrected chi connectivity index (χ0v) is 15.2. The van der Waals surface area contributed by atoms with Crippen molar-refractivity contribution in [3.8, 4) is 0 Å². The van der Waals surface area contributed by atoms with Gasteiger partial charge in [-0.1, -0.05) is 48.5 Å². The summed E-state index contributed by atoms with van der Waals surface area (Å²) in [5.74, 6) is 0.153. The van der Waals surface area contributed by atoms with Crippen LogP contribution in [0.1, 0.15) is 18.4 Å². The monoisotopic (exact) mass is 349 g/mol. The van der Waals surface area contributed by atoms with Gasteiger partial charge in [0.2, 0.25) is 5.91 Å². The quantitative estimate of drug-likeness (QED) is 0.871. The summed E-state index contributed by atoms with van der Waals surface area (Å²) >= 11 is 0. The molecule has 0 bridgehead atoms. The van der Waals surface area contributed by atoms with E-state index in [0.29, 0.717) is 6.54 Å². The van der Waals surface area contributed by atoms with Crippen LogP contribution < -0.4 is 10.2 Å². The van der Waals surface area contributed by atoms with Crippen molar-refractivity contribution in [2.75, 3.05) is 44.2 Å². The standard InChI is InChI=1S/C22H27N3O/c26-21(23-18-22(11-12-22)19-7-3-1-4-8-19)17-24-13-15-25(16-14-24)20-9-5-2-6-10-20/h1-10H,11-18H2,(H,23,26). The second-order valence-electron chi connectivity index (χ2n) is 7.52. The van der Waals surface area contributed by atoms with Crippen molar-refractivity contribution in [1.29, 1.82) is 0 Å². The molecule has 136 valence electrons. The average molecular weight is 349 g/mol. The Balaban J connectivity index is 1.23. The SMILES string of the molecule is O=C(CN1CCN(c2ccccc2)CC1)NCC1(c2ccccc2)CC1. The molecule has 2 aromatic rings. The summed E-state index contributed by atoms with van der Waals surface area (Å²) < 4.78 is 0. The van der Waals surface area contributed by atoms with E-state index in [-0.39, 0.29) is 11.3 Å². The fraction of sp³-hybridized carbons (Fsp3) is 0.409. The Labute approximate surface area is 155 Å². The van der Waals surface area contributed by atoms with Crippen LogP contribution >= 0.6 is 0 Å². The number of amides is 1. The highest BCUT2D eigenvalue weighted by Gasteiger charge is 2.44. The summed E-state index contributed by atoms with van der Waals surface area (Å²) in [4.78, 5) is 17.1. The maximum atomic E-state index is 12.4. The third kappa shape index (κ3) is 3.91. The second kappa shape index (κ2) is 7.50. The van der Waals surface area contributed by atoms with Crippen LogP contribution in [-0.4, -0.2) is 50.1 Å². The smallest absolute Gasteiger partial charge is 0.234 e. The van der Waals surface area contributed by atoms with Gasteiger partial charge in [0, 0.05) is 43.8 Å². The minimum absolute atomic E-state index is 0.153. The number of hydrogen-bond acceptors (Lipinski definition) is 3. The summed E-state index contributed by atoms with van der Waals surface area (Å²) in [7, 11) is 0. The van der Waals surface area contributed by atoms with Gasteiger partial charge in [-0.25, -0.2) is 0 Å². The Hall–Kier alpha value is -2.33. The number of hydrogen-bond donors (Lipinski definition) is 1. The van der Waals surface area contributed by atoms with Crippen LogP contribution in [0.2, 0.25) is 0 Å². The van der Waals surface area contributed by atoms with E-state index < -0.39 is 0 Å². The highest BCUT2D eigenvalue weighted by atomic mass is 16.2. The molecule has 1 saturated heterocycles. The van der Waals surface area contributed by atoms with E-state index in [9.17, 15) is 4.79 Å². The molecule has 4 nitrogen and oxygen atoms in total. The topological polar surface area (TPSA) is 35.6 Å². The molecular formula is C22H27N3O. The van der Waals surface area contributed by atoms with Crippen molar-refractivity contribution in [2.24, 2.45) is 0 Å². The van der Waals surface area contributed by atoms with Crippen LogP contribution in [0.15, 0.2) is 60.7 Å². The number of carbonyl (C=O) groups is 1. The molecule has 0 aromatic heterocycles. The molecule has 4 rings (SSSR count). The summed E-state index contributed by atoms with van der Waals surface area (Å²) in [5.41, 5.74) is 2.81. The van der Waals surface area contributed by atoms with Crippen molar-refractivity contribution >= 4 is 11.6 Å². The third-order valence-electron chi connectivity index (χ3n) is 5.72. The van der Waals surface area contributed by atoms with Crippen molar-refractivity contribution < 1.29 is 4.79 Å². The van der Waals surface area contributed by atoms with Gasteiger partial charge >= 0.3 is 0 Å². The molecule has 1 saturated carbocycles. The van der Waals surface area contributed by atoms with Gasteiger partial charge in [0.05, 0.1) is 6.54 Å². The van der Waals surface area contributed by atoms with Gasteiger partial charge in [0.1, 0.15) is 0 Å². The Morgan fingerprint density at radius 2 is 1.50 bits per heavy atom. The molecular weight excluding hydrogens is 322 g/mol. The maximum absolute atomic E-state index is 12.4. The lowest BCUT2D eigenvalue weighted by Crippen LogP contribution is -2.50. The zero-order valence-electron chi connectivity index (χ0n) is 15.2. The number of para-hydroxylation sites is 1. The predicted molar refractivity (Wildman–Crippen MR) is 105 cm³/mol. The third-order valence-corrected chi connectivity index (χ3v) is 5.72. The van der Waals surface area contributed by atoms with Gasteiger partial charge in [0.25, 0.3) is 0 Å². The largest absolute Gasteiger partial charge is 0.369 e. The molecule has 0 atom stereocenters. The van der Waals surface area contributed by atoms with Crippen LogP contribution in [0.5, 0.6) is 0 Å². The molecule has 2 aliphatic rings. The number of anilines is 1. The molecule has 1 heterocycles. The summed E-state index contributed by atoms with van der Waals surface area (Å²) in [5, 5.41) is 3.18. The highest BCUT2D eigenvalue weighted by Crippen LogP contribution is 2.47. The first-order chi connectivity index (χ1) is 12.8. The molecule has 2 aromatic carbocycles. The van der Waals surface area contributed by atoms with Crippen molar-refractivity contribution in [3.05, 3.63) is 66.2 Å². The van der Waals surface area contributed by atoms with Crippen LogP contribution in [0.25, 0.3) is 0 Å². The molecule has 1 aliphatic heterocycles. The normalized spacial score (nSPS) is 19.2. The Morgan fingerprint density at radius 3 is 2.12 bits per heavy atom. The molecule has 0 radical (unpaired) electrons. The van der Waals surface area contributed by atoms with Gasteiger partial charge in [-0.05, 0) is 30.5 Å². The molecule has 26 heavy (non-hydrogen) atoms. The van der Waals surface area contributed by atoms with Crippen LogP contribution in [0.3, 0.4) is 0 Å². The van der Waals surface area contributed by atoms with Gasteiger partial charge < -0.3 is 10.2 Å². The fourth-order valence-electron chi connectivity index (χ4n) is 3.84. The first kappa shape index (κ1) is 17.1. The average Bonchev–Trinajstić information content (AvgIpc) is 3.50. The Morgan fingerprint density at radius 1 is 0.885 bits per heavy atom. The summed E-state index contributed by atoms with van der Waals surface area (Å²) in [6.45, 7) is 5.10. The summed E-state index contributed by atoms with van der Waals surface area (Å²) in [6, 6.07) is 21.1. The van der Waals surface area contributed by atoms with Crippen molar-refractivity contribution in [2.45, 2.75) is 18.3 Å². The molecule has 0 spiro atoms. The van der Waals surface area contributed by atoms with Gasteiger partial charge in [0.15, 0.2) is 0 Å². The van der Waals surface area contributed by atoms with Gasteiger partial charge in [-0.3, -0.25) is 9.69 Å². The number of nitrogens with zero attached hydrogens (tertiary/aromatic N) is 2. The van der Waals surface area contributed by atoms with Crippen LogP contribution in [0, 0.1) is 0 Å². The molecule has 1 amide bonds. The van der Waals surface area contributed by atoms with E-state index in [1.54, 1.807) is 0 Å². The molecule has 1 aliphatic carbocycles. The van der Waals surface area contributed by atoms with E-state index in [2.05, 4.69) is 63.6 Å². The molecule has 4 heteroatoms. The van der Waals surface area contributed by atoms with Crippen molar-refractivity contribution in [3.63, 3.8) is 0 Å². The second-order valence-corrected chi connectivity index (χ2v) is 7.52. The van der Waals surface area contributed by atoms with Gasteiger partial charge in [-0.15, -0.1) is 0 Å². The number of benzene rings is 2. The minimum Gasteiger partial charge on any atom is -0.369 e. The van der Waals surface area contributed by atoms with E-state index in [4.69, 9.17) is 0 Å². The molecule has 0 unspecified atom stereocenters. The highest BCUT2D eigenvalue weighted by molar-refractivity contribution is 5.78. The number of rotatable bonds is 6. The molecule has 1 N–H and O–H groups in total. The predicted octanol–water partition coefficient (Wildman–Crippen LogP) is 2.66. The lowest BCUT2D eigenvalue weighted by molar-refractivity contribution is -0.122. The first-order valence-electron chi connectivity index (χ1n) is 9.60. The Bertz CT molecular complexity index is 720. The van der Waals surface area contributed by atoms with Crippen molar-refractivity contribution in [1.82, 2.24) is 10.2 Å². The number of piperazine rings is 1. The van der Waals surface area contributed by atoms with Gasteiger partial charge in [-0.2, -0.15) is 0 Å². The number of nitrogens with one attached hydrogen (secondary N) is 1. The lowest BCUT2D eigenvalue weighted by atomic mass is 9.96. The van der Waals surface area contributed by atoms with Crippen LogP contribution in [-0.2, 0) is 10.2 Å². The minimum atomic E-state index is 0.153. The zero-order chi connectivity index (χ0) is 17.8. The summed E-state index contributed by atoms with van der Waals surface area (Å²) in [6.07, 6.45) is 2.35. The lowest BCUT2D eigenvalue weighted by Gasteiger charge is -2.35. The molecule has 2 fully saturated rings. The van der Waals surface area contributed by atoms with E-state index in [1.807, 2.05) is 12.1 Å². The number of carbonyl (C=O) groups excluding carboxylic acids is 1. The van der Waals surface area contributed by atoms with E-state index in [0.717, 1.165) is 32.7 Å². The van der Waals surface area contributed by atoms with E-state index in [1.165, 1.54) is 24.1 Å². The fourth-order valence-corrected chi connectivity index (χ4v) is 3.84. The maximum Gasteiger partial charge on any atom is 0.234 e.